The molecule has 0 aliphatic rings. The summed E-state index contributed by atoms with van der Waals surface area (Å²) in [7, 11) is 0. The van der Waals surface area contributed by atoms with Crippen molar-refractivity contribution in [2.75, 3.05) is 5.32 Å². The molecule has 2 N–H and O–H groups in total. The average molecular weight is 378 g/mol. The second-order valence-electron chi connectivity index (χ2n) is 6.61. The number of hydrogen-bond donors (Lipinski definition) is 2. The molecule has 0 radical (unpaired) electrons. The van der Waals surface area contributed by atoms with E-state index in [1.54, 1.807) is 25.1 Å². The zero-order chi connectivity index (χ0) is 20.4. The maximum Gasteiger partial charge on any atom is 0.416 e. The van der Waals surface area contributed by atoms with Gasteiger partial charge < -0.3 is 10.6 Å². The van der Waals surface area contributed by atoms with Gasteiger partial charge in [0.05, 0.1) is 16.8 Å². The summed E-state index contributed by atoms with van der Waals surface area (Å²) in [6, 6.07) is 7.86. The first-order valence-corrected chi connectivity index (χ1v) is 8.40. The lowest BCUT2D eigenvalue weighted by atomic mass is 10.0. The van der Waals surface area contributed by atoms with Crippen LogP contribution in [-0.4, -0.2) is 17.9 Å². The Kier molecular flexibility index (Phi) is 5.93. The first kappa shape index (κ1) is 20.5. The van der Waals surface area contributed by atoms with E-state index >= 15 is 0 Å². The molecule has 0 spiro atoms. The first-order valence-electron chi connectivity index (χ1n) is 8.40. The van der Waals surface area contributed by atoms with Gasteiger partial charge in [-0.15, -0.1) is 0 Å². The molecule has 0 heterocycles. The number of rotatable bonds is 4. The van der Waals surface area contributed by atoms with Crippen LogP contribution in [0.25, 0.3) is 0 Å². The lowest BCUT2D eigenvalue weighted by molar-refractivity contribution is -0.137. The van der Waals surface area contributed by atoms with Crippen LogP contribution in [0.15, 0.2) is 36.4 Å². The number of amides is 2. The number of anilines is 1. The molecule has 0 aliphatic carbocycles. The quantitative estimate of drug-likeness (QED) is 0.809. The third kappa shape index (κ3) is 4.87. The predicted octanol–water partition coefficient (Wildman–Crippen LogP) is 4.71. The zero-order valence-electron chi connectivity index (χ0n) is 15.5. The number of alkyl halides is 3. The lowest BCUT2D eigenvalue weighted by Gasteiger charge is -2.16. The van der Waals surface area contributed by atoms with Crippen LogP contribution in [0.5, 0.6) is 0 Å². The Hall–Kier alpha value is -2.83. The van der Waals surface area contributed by atoms with Crippen LogP contribution in [0.3, 0.4) is 0 Å². The molecule has 0 saturated heterocycles. The summed E-state index contributed by atoms with van der Waals surface area (Å²) < 4.78 is 38.4. The molecule has 0 saturated carbocycles. The molecule has 0 fully saturated rings. The van der Waals surface area contributed by atoms with Gasteiger partial charge in [-0.2, -0.15) is 13.2 Å². The summed E-state index contributed by atoms with van der Waals surface area (Å²) >= 11 is 0. The molecule has 4 nitrogen and oxygen atoms in total. The summed E-state index contributed by atoms with van der Waals surface area (Å²) in [6.07, 6.45) is -4.47. The molecular formula is C20H21F3N2O2. The molecule has 0 unspecified atom stereocenters. The molecule has 0 bridgehead atoms. The summed E-state index contributed by atoms with van der Waals surface area (Å²) in [5.74, 6) is -0.909. The Morgan fingerprint density at radius 2 is 1.63 bits per heavy atom. The topological polar surface area (TPSA) is 58.2 Å². The van der Waals surface area contributed by atoms with Crippen LogP contribution in [0.2, 0.25) is 0 Å². The third-order valence-corrected chi connectivity index (χ3v) is 3.97. The Balaban J connectivity index is 2.34. The summed E-state index contributed by atoms with van der Waals surface area (Å²) in [4.78, 5) is 25.0. The van der Waals surface area contributed by atoms with Crippen molar-refractivity contribution in [1.82, 2.24) is 5.32 Å². The number of benzene rings is 2. The Bertz CT molecular complexity index is 874. The highest BCUT2D eigenvalue weighted by Gasteiger charge is 2.31. The summed E-state index contributed by atoms with van der Waals surface area (Å²) in [6.45, 7) is 6.82. The highest BCUT2D eigenvalue weighted by Crippen LogP contribution is 2.30. The molecule has 0 aliphatic heterocycles. The van der Waals surface area contributed by atoms with E-state index in [-0.39, 0.29) is 23.1 Å². The van der Waals surface area contributed by atoms with Gasteiger partial charge in [-0.1, -0.05) is 12.1 Å². The van der Waals surface area contributed by atoms with E-state index in [9.17, 15) is 22.8 Å². The number of halogens is 3. The molecular weight excluding hydrogens is 357 g/mol. The second-order valence-corrected chi connectivity index (χ2v) is 6.61. The average Bonchev–Trinajstić information content (AvgIpc) is 2.53. The van der Waals surface area contributed by atoms with Crippen LogP contribution in [0.4, 0.5) is 18.9 Å². The first-order chi connectivity index (χ1) is 12.5. The fourth-order valence-corrected chi connectivity index (χ4v) is 2.69. The Labute approximate surface area is 155 Å². The van der Waals surface area contributed by atoms with E-state index in [2.05, 4.69) is 10.6 Å². The molecule has 0 atom stereocenters. The lowest BCUT2D eigenvalue weighted by Crippen LogP contribution is -2.31. The summed E-state index contributed by atoms with van der Waals surface area (Å²) in [5.41, 5.74) is 0.795. The predicted molar refractivity (Wildman–Crippen MR) is 97.9 cm³/mol. The highest BCUT2D eigenvalue weighted by molar-refractivity contribution is 6.10. The van der Waals surface area contributed by atoms with Gasteiger partial charge in [0.15, 0.2) is 0 Å². The molecule has 2 rings (SSSR count). The van der Waals surface area contributed by atoms with Gasteiger partial charge in [0.1, 0.15) is 0 Å². The molecule has 2 amide bonds. The fourth-order valence-electron chi connectivity index (χ4n) is 2.69. The zero-order valence-corrected chi connectivity index (χ0v) is 15.5. The van der Waals surface area contributed by atoms with Gasteiger partial charge in [-0.25, -0.2) is 0 Å². The van der Waals surface area contributed by atoms with Gasteiger partial charge >= 0.3 is 6.18 Å². The number of nitrogens with one attached hydrogen (secondary N) is 2. The van der Waals surface area contributed by atoms with Crippen LogP contribution in [-0.2, 0) is 6.18 Å². The molecule has 144 valence electrons. The van der Waals surface area contributed by atoms with E-state index in [0.717, 1.165) is 18.2 Å². The van der Waals surface area contributed by atoms with E-state index in [4.69, 9.17) is 0 Å². The number of carbonyl (C=O) groups excluding carboxylic acids is 2. The maximum absolute atomic E-state index is 12.8. The Morgan fingerprint density at radius 1 is 0.963 bits per heavy atom. The minimum absolute atomic E-state index is 0.0854. The summed E-state index contributed by atoms with van der Waals surface area (Å²) in [5, 5.41) is 5.41. The molecule has 2 aromatic rings. The molecule has 0 aromatic heterocycles. The Morgan fingerprint density at radius 3 is 2.19 bits per heavy atom. The van der Waals surface area contributed by atoms with Gasteiger partial charge in [0, 0.05) is 11.6 Å². The van der Waals surface area contributed by atoms with Crippen LogP contribution in [0, 0.1) is 13.8 Å². The van der Waals surface area contributed by atoms with Crippen LogP contribution in [0.1, 0.15) is 51.3 Å². The van der Waals surface area contributed by atoms with Gasteiger partial charge in [-0.3, -0.25) is 9.59 Å². The second kappa shape index (κ2) is 7.82. The fraction of sp³-hybridized carbons (Fsp3) is 0.300. The molecule has 2 aromatic carbocycles. The highest BCUT2D eigenvalue weighted by atomic mass is 19.4. The maximum atomic E-state index is 12.8. The van der Waals surface area contributed by atoms with Crippen LogP contribution < -0.4 is 10.6 Å². The van der Waals surface area contributed by atoms with Crippen molar-refractivity contribution in [3.8, 4) is 0 Å². The van der Waals surface area contributed by atoms with E-state index in [1.807, 2.05) is 13.8 Å². The monoisotopic (exact) mass is 378 g/mol. The van der Waals surface area contributed by atoms with Gasteiger partial charge in [0.2, 0.25) is 0 Å². The minimum atomic E-state index is -4.47. The van der Waals surface area contributed by atoms with Crippen molar-refractivity contribution in [1.29, 1.82) is 0 Å². The molecule has 27 heavy (non-hydrogen) atoms. The number of hydrogen-bond acceptors (Lipinski definition) is 2. The van der Waals surface area contributed by atoms with Gasteiger partial charge in [0.25, 0.3) is 11.8 Å². The number of carbonyl (C=O) groups is 2. The normalized spacial score (nSPS) is 11.4. The van der Waals surface area contributed by atoms with Crippen LogP contribution >= 0.6 is 0 Å². The van der Waals surface area contributed by atoms with Crippen molar-refractivity contribution in [3.05, 3.63) is 64.2 Å². The molecule has 7 heteroatoms. The smallest absolute Gasteiger partial charge is 0.350 e. The van der Waals surface area contributed by atoms with Gasteiger partial charge in [-0.05, 0) is 63.1 Å². The number of aryl methyl sites for hydroxylation is 2. The van der Waals surface area contributed by atoms with Crippen molar-refractivity contribution >= 4 is 17.5 Å². The minimum Gasteiger partial charge on any atom is -0.350 e. The van der Waals surface area contributed by atoms with Crippen molar-refractivity contribution < 1.29 is 22.8 Å². The van der Waals surface area contributed by atoms with E-state index in [0.29, 0.717) is 16.8 Å². The largest absolute Gasteiger partial charge is 0.416 e. The SMILES string of the molecule is Cc1cc(C(F)(F)F)ccc1C(=O)Nc1cccc(C)c1C(=O)NC(C)C. The third-order valence-electron chi connectivity index (χ3n) is 3.97. The standard InChI is InChI=1S/C20H21F3N2O2/c1-11(2)24-19(27)17-12(3)6-5-7-16(17)25-18(26)15-9-8-14(10-13(15)4)20(21,22)23/h5-11H,1-4H3,(H,24,27)(H,25,26). The van der Waals surface area contributed by atoms with Crippen molar-refractivity contribution in [2.24, 2.45) is 0 Å². The van der Waals surface area contributed by atoms with Crippen molar-refractivity contribution in [3.63, 3.8) is 0 Å². The van der Waals surface area contributed by atoms with Crippen molar-refractivity contribution in [2.45, 2.75) is 39.9 Å². The van der Waals surface area contributed by atoms with E-state index < -0.39 is 17.6 Å². The van der Waals surface area contributed by atoms with E-state index in [1.165, 1.54) is 6.92 Å².